The van der Waals surface area contributed by atoms with E-state index >= 15 is 0 Å². The van der Waals surface area contributed by atoms with E-state index < -0.39 is 11.2 Å². The van der Waals surface area contributed by atoms with Crippen LogP contribution in [-0.4, -0.2) is 21.4 Å². The zero-order valence-corrected chi connectivity index (χ0v) is 10.5. The zero-order valence-electron chi connectivity index (χ0n) is 10.5. The van der Waals surface area contributed by atoms with E-state index in [1.807, 2.05) is 6.92 Å². The van der Waals surface area contributed by atoms with Gasteiger partial charge in [0.25, 0.3) is 0 Å². The fraction of sp³-hybridized carbons (Fsp3) is 1.00. The Morgan fingerprint density at radius 1 is 1.19 bits per heavy atom. The Balaban J connectivity index is 1.98. The van der Waals surface area contributed by atoms with Crippen molar-refractivity contribution in [2.45, 2.75) is 70.0 Å². The molecule has 2 nitrogen and oxygen atoms in total. The third kappa shape index (κ3) is 1.32. The number of aliphatic hydroxyl groups is 2. The van der Waals surface area contributed by atoms with Gasteiger partial charge >= 0.3 is 0 Å². The van der Waals surface area contributed by atoms with Crippen molar-refractivity contribution in [1.82, 2.24) is 0 Å². The highest BCUT2D eigenvalue weighted by Crippen LogP contribution is 2.65. The molecule has 4 saturated carbocycles. The minimum Gasteiger partial charge on any atom is -0.390 e. The van der Waals surface area contributed by atoms with Crippen molar-refractivity contribution in [1.29, 1.82) is 0 Å². The van der Waals surface area contributed by atoms with E-state index in [1.54, 1.807) is 0 Å². The molecular weight excluding hydrogens is 200 g/mol. The molecule has 4 aliphatic carbocycles. The van der Waals surface area contributed by atoms with Gasteiger partial charge < -0.3 is 10.2 Å². The smallest absolute Gasteiger partial charge is 0.0674 e. The third-order valence-electron chi connectivity index (χ3n) is 5.86. The van der Waals surface area contributed by atoms with Gasteiger partial charge in [0.1, 0.15) is 0 Å². The topological polar surface area (TPSA) is 40.5 Å². The molecule has 0 aromatic heterocycles. The van der Waals surface area contributed by atoms with Crippen LogP contribution in [0, 0.1) is 17.3 Å². The highest BCUT2D eigenvalue weighted by molar-refractivity contribution is 5.13. The molecule has 0 aromatic carbocycles. The van der Waals surface area contributed by atoms with Crippen molar-refractivity contribution in [3.8, 4) is 0 Å². The Kier molecular flexibility index (Phi) is 2.09. The number of hydrogen-bond acceptors (Lipinski definition) is 2. The van der Waals surface area contributed by atoms with Crippen LogP contribution in [0.3, 0.4) is 0 Å². The molecule has 4 aliphatic rings. The third-order valence-corrected chi connectivity index (χ3v) is 5.86. The number of rotatable bonds is 2. The molecule has 0 heterocycles. The molecule has 0 spiro atoms. The van der Waals surface area contributed by atoms with Crippen LogP contribution in [0.4, 0.5) is 0 Å². The van der Waals surface area contributed by atoms with Gasteiger partial charge in [-0.05, 0) is 63.7 Å². The predicted molar refractivity (Wildman–Crippen MR) is 63.0 cm³/mol. The molecule has 2 N–H and O–H groups in total. The molecule has 16 heavy (non-hydrogen) atoms. The van der Waals surface area contributed by atoms with Gasteiger partial charge in [0, 0.05) is 5.41 Å². The van der Waals surface area contributed by atoms with E-state index in [0.717, 1.165) is 38.5 Å². The summed E-state index contributed by atoms with van der Waals surface area (Å²) in [6.45, 7) is 4.06. The van der Waals surface area contributed by atoms with Crippen molar-refractivity contribution < 1.29 is 10.2 Å². The molecule has 0 aliphatic heterocycles. The molecule has 0 radical (unpaired) electrons. The second-order valence-corrected chi connectivity index (χ2v) is 7.09. The Hall–Kier alpha value is -0.0800. The molecular formula is C14H24O2. The molecule has 2 heteroatoms. The highest BCUT2D eigenvalue weighted by Gasteiger charge is 2.62. The van der Waals surface area contributed by atoms with Crippen LogP contribution >= 0.6 is 0 Å². The average molecular weight is 224 g/mol. The van der Waals surface area contributed by atoms with Gasteiger partial charge in [-0.1, -0.05) is 6.92 Å². The van der Waals surface area contributed by atoms with Gasteiger partial charge in [-0.3, -0.25) is 0 Å². The summed E-state index contributed by atoms with van der Waals surface area (Å²) in [5.41, 5.74) is -1.01. The van der Waals surface area contributed by atoms with Crippen molar-refractivity contribution in [3.05, 3.63) is 0 Å². The normalized spacial score (nSPS) is 54.0. The molecule has 3 unspecified atom stereocenters. The lowest BCUT2D eigenvalue weighted by atomic mass is 9.44. The first-order valence-corrected chi connectivity index (χ1v) is 6.83. The molecule has 0 saturated heterocycles. The summed E-state index contributed by atoms with van der Waals surface area (Å²) in [6, 6.07) is 0. The molecule has 0 aromatic rings. The summed E-state index contributed by atoms with van der Waals surface area (Å²) >= 11 is 0. The Morgan fingerprint density at radius 3 is 2.19 bits per heavy atom. The summed E-state index contributed by atoms with van der Waals surface area (Å²) in [5.74, 6) is 1.34. The van der Waals surface area contributed by atoms with E-state index in [9.17, 15) is 10.2 Å². The Labute approximate surface area is 98.1 Å². The zero-order chi connectivity index (χ0) is 11.6. The molecule has 0 amide bonds. The fourth-order valence-corrected chi connectivity index (χ4v) is 5.22. The van der Waals surface area contributed by atoms with Crippen molar-refractivity contribution in [3.63, 3.8) is 0 Å². The standard InChI is InChI=1S/C14H24O2/c1-3-12(2,15)13-5-10-4-11(6-13)8-14(16,7-10)9-13/h10-11,15-16H,3-9H2,1-2H3. The second kappa shape index (κ2) is 3.02. The van der Waals surface area contributed by atoms with E-state index in [1.165, 1.54) is 6.42 Å². The van der Waals surface area contributed by atoms with Crippen LogP contribution in [0.1, 0.15) is 58.8 Å². The Morgan fingerprint density at radius 2 is 1.75 bits per heavy atom. The Bertz CT molecular complexity index is 294. The van der Waals surface area contributed by atoms with Crippen molar-refractivity contribution in [2.75, 3.05) is 0 Å². The maximum Gasteiger partial charge on any atom is 0.0674 e. The molecule has 3 atom stereocenters. The quantitative estimate of drug-likeness (QED) is 0.756. The molecule has 4 bridgehead atoms. The van der Waals surface area contributed by atoms with Gasteiger partial charge in [-0.2, -0.15) is 0 Å². The lowest BCUT2D eigenvalue weighted by Crippen LogP contribution is -2.62. The first-order chi connectivity index (χ1) is 7.38. The second-order valence-electron chi connectivity index (χ2n) is 7.09. The maximum absolute atomic E-state index is 10.7. The van der Waals surface area contributed by atoms with Crippen LogP contribution < -0.4 is 0 Å². The van der Waals surface area contributed by atoms with Crippen LogP contribution in [-0.2, 0) is 0 Å². The van der Waals surface area contributed by atoms with Crippen LogP contribution in [0.25, 0.3) is 0 Å². The summed E-state index contributed by atoms with van der Waals surface area (Å²) in [7, 11) is 0. The van der Waals surface area contributed by atoms with Crippen LogP contribution in [0.5, 0.6) is 0 Å². The summed E-state index contributed by atoms with van der Waals surface area (Å²) in [6.07, 6.45) is 7.22. The summed E-state index contributed by atoms with van der Waals surface area (Å²) in [5, 5.41) is 21.3. The van der Waals surface area contributed by atoms with Crippen LogP contribution in [0.2, 0.25) is 0 Å². The summed E-state index contributed by atoms with van der Waals surface area (Å²) < 4.78 is 0. The predicted octanol–water partition coefficient (Wildman–Crippen LogP) is 2.48. The SMILES string of the molecule is CCC(C)(O)C12CC3CC(CC(O)(C3)C1)C2. The van der Waals surface area contributed by atoms with Gasteiger partial charge in [0.05, 0.1) is 11.2 Å². The first-order valence-electron chi connectivity index (χ1n) is 6.83. The fourth-order valence-electron chi connectivity index (χ4n) is 5.22. The van der Waals surface area contributed by atoms with Crippen LogP contribution in [0.15, 0.2) is 0 Å². The van der Waals surface area contributed by atoms with E-state index in [4.69, 9.17) is 0 Å². The summed E-state index contributed by atoms with van der Waals surface area (Å²) in [4.78, 5) is 0. The lowest BCUT2D eigenvalue weighted by Gasteiger charge is -2.64. The largest absolute Gasteiger partial charge is 0.390 e. The van der Waals surface area contributed by atoms with E-state index in [2.05, 4.69) is 6.92 Å². The maximum atomic E-state index is 10.7. The van der Waals surface area contributed by atoms with Gasteiger partial charge in [-0.25, -0.2) is 0 Å². The molecule has 4 rings (SSSR count). The minimum atomic E-state index is -0.585. The first kappa shape index (κ1) is 11.0. The monoisotopic (exact) mass is 224 g/mol. The van der Waals surface area contributed by atoms with E-state index in [-0.39, 0.29) is 5.41 Å². The van der Waals surface area contributed by atoms with Gasteiger partial charge in [-0.15, -0.1) is 0 Å². The molecule has 4 fully saturated rings. The molecule has 92 valence electrons. The average Bonchev–Trinajstić information content (AvgIpc) is 2.13. The van der Waals surface area contributed by atoms with Crippen molar-refractivity contribution in [2.24, 2.45) is 17.3 Å². The van der Waals surface area contributed by atoms with Crippen molar-refractivity contribution >= 4 is 0 Å². The van der Waals surface area contributed by atoms with Gasteiger partial charge in [0.15, 0.2) is 0 Å². The number of hydrogen-bond donors (Lipinski definition) is 2. The highest BCUT2D eigenvalue weighted by atomic mass is 16.3. The van der Waals surface area contributed by atoms with Gasteiger partial charge in [0.2, 0.25) is 0 Å². The lowest BCUT2D eigenvalue weighted by molar-refractivity contribution is -0.225. The van der Waals surface area contributed by atoms with E-state index in [0.29, 0.717) is 11.8 Å². The minimum absolute atomic E-state index is 0.0145.